The van der Waals surface area contributed by atoms with Crippen molar-refractivity contribution in [3.8, 4) is 10.7 Å². The predicted octanol–water partition coefficient (Wildman–Crippen LogP) is 2.82. The van der Waals surface area contributed by atoms with Gasteiger partial charge in [0, 0.05) is 31.6 Å². The minimum absolute atomic E-state index is 0.119. The van der Waals surface area contributed by atoms with Crippen LogP contribution in [-0.4, -0.2) is 52.0 Å². The Hall–Kier alpha value is -2.03. The molecule has 1 amide bonds. The van der Waals surface area contributed by atoms with Crippen LogP contribution in [0.4, 0.5) is 0 Å². The number of carbonyl (C=O) groups is 1. The molecule has 4 heterocycles. The summed E-state index contributed by atoms with van der Waals surface area (Å²) in [5.74, 6) is 1.39. The Balaban J connectivity index is 1.33. The minimum Gasteiger partial charge on any atom is -0.338 e. The molecule has 124 valence electrons. The van der Waals surface area contributed by atoms with Crippen LogP contribution in [0, 0.1) is 0 Å². The standard InChI is InChI=1S/C16H16N4O2S2/c21-16(12-3-9-23-11-12)20-6-4-19(5-7-20)10-14-17-15(18-22-14)13-2-1-8-24-13/h1-3,8-9,11H,4-7,10H2. The van der Waals surface area contributed by atoms with Crippen molar-refractivity contribution in [2.75, 3.05) is 26.2 Å². The molecule has 0 saturated carbocycles. The van der Waals surface area contributed by atoms with Crippen molar-refractivity contribution in [2.24, 2.45) is 0 Å². The van der Waals surface area contributed by atoms with Crippen LogP contribution in [0.3, 0.4) is 0 Å². The van der Waals surface area contributed by atoms with Gasteiger partial charge >= 0.3 is 0 Å². The van der Waals surface area contributed by atoms with Gasteiger partial charge in [0.2, 0.25) is 11.7 Å². The molecule has 0 N–H and O–H groups in total. The van der Waals surface area contributed by atoms with Crippen LogP contribution in [0.1, 0.15) is 16.2 Å². The van der Waals surface area contributed by atoms with Crippen molar-refractivity contribution in [1.82, 2.24) is 19.9 Å². The van der Waals surface area contributed by atoms with Gasteiger partial charge in [0.25, 0.3) is 5.91 Å². The maximum atomic E-state index is 12.3. The van der Waals surface area contributed by atoms with Gasteiger partial charge < -0.3 is 9.42 Å². The molecule has 0 bridgehead atoms. The van der Waals surface area contributed by atoms with Crippen LogP contribution >= 0.6 is 22.7 Å². The Morgan fingerprint density at radius 2 is 2.08 bits per heavy atom. The maximum absolute atomic E-state index is 12.3. The lowest BCUT2D eigenvalue weighted by molar-refractivity contribution is 0.0615. The van der Waals surface area contributed by atoms with Gasteiger partial charge in [-0.2, -0.15) is 16.3 Å². The summed E-state index contributed by atoms with van der Waals surface area (Å²) in [5.41, 5.74) is 0.783. The summed E-state index contributed by atoms with van der Waals surface area (Å²) < 4.78 is 5.35. The SMILES string of the molecule is O=C(c1ccsc1)N1CCN(Cc2nc(-c3cccs3)no2)CC1. The third kappa shape index (κ3) is 3.26. The topological polar surface area (TPSA) is 62.5 Å². The molecule has 6 nitrogen and oxygen atoms in total. The zero-order valence-corrected chi connectivity index (χ0v) is 14.6. The van der Waals surface area contributed by atoms with E-state index >= 15 is 0 Å². The summed E-state index contributed by atoms with van der Waals surface area (Å²) in [6, 6.07) is 5.83. The van der Waals surface area contributed by atoms with Gasteiger partial charge in [0.1, 0.15) is 0 Å². The molecule has 3 aromatic rings. The number of aromatic nitrogens is 2. The molecule has 1 fully saturated rings. The second-order valence-electron chi connectivity index (χ2n) is 5.57. The first kappa shape index (κ1) is 15.5. The quantitative estimate of drug-likeness (QED) is 0.716. The van der Waals surface area contributed by atoms with Crippen molar-refractivity contribution in [2.45, 2.75) is 6.54 Å². The number of amides is 1. The largest absolute Gasteiger partial charge is 0.338 e. The van der Waals surface area contributed by atoms with Crippen LogP contribution in [-0.2, 0) is 6.54 Å². The second kappa shape index (κ2) is 6.84. The number of rotatable bonds is 4. The third-order valence-electron chi connectivity index (χ3n) is 4.00. The maximum Gasteiger partial charge on any atom is 0.254 e. The van der Waals surface area contributed by atoms with E-state index in [2.05, 4.69) is 15.0 Å². The number of piperazine rings is 1. The van der Waals surface area contributed by atoms with Crippen molar-refractivity contribution < 1.29 is 9.32 Å². The molecule has 8 heteroatoms. The van der Waals surface area contributed by atoms with Gasteiger partial charge in [0.15, 0.2) is 0 Å². The molecular formula is C16H16N4O2S2. The van der Waals surface area contributed by atoms with E-state index in [-0.39, 0.29) is 5.91 Å². The molecule has 0 aliphatic carbocycles. The summed E-state index contributed by atoms with van der Waals surface area (Å²) in [5, 5.41) is 9.87. The first-order valence-corrected chi connectivity index (χ1v) is 9.52. The fourth-order valence-electron chi connectivity index (χ4n) is 2.69. The lowest BCUT2D eigenvalue weighted by atomic mass is 10.2. The number of carbonyl (C=O) groups excluding carboxylic acids is 1. The molecule has 0 atom stereocenters. The molecule has 4 rings (SSSR count). The van der Waals surface area contributed by atoms with Crippen molar-refractivity contribution in [3.05, 3.63) is 45.8 Å². The van der Waals surface area contributed by atoms with E-state index in [0.717, 1.165) is 36.6 Å². The molecule has 1 aliphatic heterocycles. The summed E-state index contributed by atoms with van der Waals surface area (Å²) >= 11 is 3.15. The van der Waals surface area contributed by atoms with E-state index < -0.39 is 0 Å². The summed E-state index contributed by atoms with van der Waals surface area (Å²) in [4.78, 5) is 21.9. The number of thiophene rings is 2. The molecule has 24 heavy (non-hydrogen) atoms. The van der Waals surface area contributed by atoms with Gasteiger partial charge in [-0.25, -0.2) is 0 Å². The highest BCUT2D eigenvalue weighted by atomic mass is 32.1. The van der Waals surface area contributed by atoms with Gasteiger partial charge in [-0.05, 0) is 22.9 Å². The van der Waals surface area contributed by atoms with Crippen LogP contribution < -0.4 is 0 Å². The predicted molar refractivity (Wildman–Crippen MR) is 93.1 cm³/mol. The van der Waals surface area contributed by atoms with E-state index in [9.17, 15) is 4.79 Å². The number of hydrogen-bond donors (Lipinski definition) is 0. The molecule has 0 aromatic carbocycles. The van der Waals surface area contributed by atoms with Gasteiger partial charge in [-0.3, -0.25) is 9.69 Å². The van der Waals surface area contributed by atoms with Crippen molar-refractivity contribution >= 4 is 28.6 Å². The highest BCUT2D eigenvalue weighted by molar-refractivity contribution is 7.13. The molecule has 1 saturated heterocycles. The zero-order chi connectivity index (χ0) is 16.4. The summed E-state index contributed by atoms with van der Waals surface area (Å²) in [6.07, 6.45) is 0. The number of nitrogens with zero attached hydrogens (tertiary/aromatic N) is 4. The van der Waals surface area contributed by atoms with Crippen LogP contribution in [0.5, 0.6) is 0 Å². The molecule has 3 aromatic heterocycles. The Bertz CT molecular complexity index is 790. The Morgan fingerprint density at radius 3 is 2.79 bits per heavy atom. The molecule has 0 unspecified atom stereocenters. The molecule has 0 radical (unpaired) electrons. The first-order valence-electron chi connectivity index (χ1n) is 7.70. The lowest BCUT2D eigenvalue weighted by Gasteiger charge is -2.33. The van der Waals surface area contributed by atoms with Gasteiger partial charge in [-0.15, -0.1) is 11.3 Å². The molecule has 0 spiro atoms. The second-order valence-corrected chi connectivity index (χ2v) is 7.30. The van der Waals surface area contributed by atoms with Crippen molar-refractivity contribution in [3.63, 3.8) is 0 Å². The molecular weight excluding hydrogens is 344 g/mol. The zero-order valence-electron chi connectivity index (χ0n) is 12.9. The Morgan fingerprint density at radius 1 is 1.21 bits per heavy atom. The highest BCUT2D eigenvalue weighted by Gasteiger charge is 2.23. The van der Waals surface area contributed by atoms with Crippen LogP contribution in [0.2, 0.25) is 0 Å². The molecule has 1 aliphatic rings. The highest BCUT2D eigenvalue weighted by Crippen LogP contribution is 2.22. The lowest BCUT2D eigenvalue weighted by Crippen LogP contribution is -2.48. The first-order chi connectivity index (χ1) is 11.8. The van der Waals surface area contributed by atoms with E-state index in [1.54, 1.807) is 22.7 Å². The summed E-state index contributed by atoms with van der Waals surface area (Å²) in [7, 11) is 0. The van der Waals surface area contributed by atoms with Gasteiger partial charge in [0.05, 0.1) is 17.0 Å². The van der Waals surface area contributed by atoms with Gasteiger partial charge in [-0.1, -0.05) is 11.2 Å². The van der Waals surface area contributed by atoms with Crippen molar-refractivity contribution in [1.29, 1.82) is 0 Å². The fraction of sp³-hybridized carbons (Fsp3) is 0.312. The monoisotopic (exact) mass is 360 g/mol. The van der Waals surface area contributed by atoms with E-state index in [1.807, 2.05) is 39.2 Å². The fourth-order valence-corrected chi connectivity index (χ4v) is 3.97. The third-order valence-corrected chi connectivity index (χ3v) is 5.55. The minimum atomic E-state index is 0.119. The summed E-state index contributed by atoms with van der Waals surface area (Å²) in [6.45, 7) is 3.69. The van der Waals surface area contributed by atoms with E-state index in [4.69, 9.17) is 4.52 Å². The van der Waals surface area contributed by atoms with E-state index in [1.165, 1.54) is 0 Å². The normalized spacial score (nSPS) is 15.8. The average molecular weight is 360 g/mol. The average Bonchev–Trinajstić information content (AvgIpc) is 3.36. The smallest absolute Gasteiger partial charge is 0.254 e. The van der Waals surface area contributed by atoms with Crippen LogP contribution in [0.15, 0.2) is 38.9 Å². The van der Waals surface area contributed by atoms with Crippen LogP contribution in [0.25, 0.3) is 10.7 Å². The van der Waals surface area contributed by atoms with E-state index in [0.29, 0.717) is 18.3 Å². The Labute approximate surface area is 147 Å². The Kier molecular flexibility index (Phi) is 4.42. The number of hydrogen-bond acceptors (Lipinski definition) is 7.